The van der Waals surface area contributed by atoms with E-state index in [1.807, 2.05) is 0 Å². The van der Waals surface area contributed by atoms with Crippen LogP contribution >= 0.6 is 0 Å². The second-order valence-electron chi connectivity index (χ2n) is 8.46. The van der Waals surface area contributed by atoms with E-state index in [9.17, 15) is 39.0 Å². The van der Waals surface area contributed by atoms with Gasteiger partial charge in [-0.15, -0.1) is 0 Å². The maximum Gasteiger partial charge on any atom is 0.326 e. The minimum atomic E-state index is -1.63. The molecule has 1 heterocycles. The molecule has 0 spiro atoms. The second kappa shape index (κ2) is 13.8. The smallest absolute Gasteiger partial charge is 0.326 e. The molecule has 13 nitrogen and oxygen atoms in total. The molecule has 1 aromatic carbocycles. The molecule has 0 saturated carbocycles. The van der Waals surface area contributed by atoms with E-state index < -0.39 is 66.2 Å². The number of rotatable bonds is 14. The third-order valence-corrected chi connectivity index (χ3v) is 5.60. The quantitative estimate of drug-likeness (QED) is 0.152. The molecule has 1 saturated heterocycles. The molecule has 1 aromatic rings. The van der Waals surface area contributed by atoms with Crippen LogP contribution < -0.4 is 27.0 Å². The lowest BCUT2D eigenvalue weighted by molar-refractivity contribution is -0.143. The van der Waals surface area contributed by atoms with E-state index in [1.54, 1.807) is 30.3 Å². The summed E-state index contributed by atoms with van der Waals surface area (Å²) in [4.78, 5) is 72.3. The topological polar surface area (TPSA) is 217 Å². The van der Waals surface area contributed by atoms with E-state index in [0.717, 1.165) is 6.42 Å². The summed E-state index contributed by atoms with van der Waals surface area (Å²) in [5, 5.41) is 28.7. The van der Waals surface area contributed by atoms with Gasteiger partial charge in [-0.25, -0.2) is 4.79 Å². The van der Waals surface area contributed by atoms with Crippen molar-refractivity contribution in [1.82, 2.24) is 21.3 Å². The molecule has 196 valence electrons. The summed E-state index contributed by atoms with van der Waals surface area (Å²) in [6.07, 6.45) is -0.00987. The van der Waals surface area contributed by atoms with Gasteiger partial charge in [0, 0.05) is 12.8 Å². The minimum Gasteiger partial charge on any atom is -0.481 e. The normalized spacial score (nSPS) is 17.3. The lowest BCUT2D eigenvalue weighted by atomic mass is 10.0. The van der Waals surface area contributed by atoms with Crippen LogP contribution in [0.3, 0.4) is 0 Å². The predicted octanol–water partition coefficient (Wildman–Crippen LogP) is -1.74. The zero-order valence-corrected chi connectivity index (χ0v) is 19.6. The SMILES string of the molecule is NC(=O)CCC(NC(=O)C(CC(=O)O)NC(=O)C(Cc1ccccc1)NC(=O)C1CCCN1)C(=O)O. The standard InChI is InChI=1S/C23H31N5O8/c24-18(29)9-8-15(23(35)36)26-22(34)17(12-19(30)31)28-21(33)16(11-13-5-2-1-3-6-13)27-20(32)14-7-4-10-25-14/h1-3,5-6,14-17,25H,4,7-12H2,(H2,24,29)(H,26,34)(H,27,32)(H,28,33)(H,30,31)(H,35,36). The third-order valence-electron chi connectivity index (χ3n) is 5.60. The fraction of sp³-hybridized carbons (Fsp3) is 0.478. The minimum absolute atomic E-state index is 0.0723. The molecule has 4 unspecified atom stereocenters. The number of benzene rings is 1. The fourth-order valence-corrected chi connectivity index (χ4v) is 3.71. The van der Waals surface area contributed by atoms with Gasteiger partial charge in [-0.1, -0.05) is 30.3 Å². The van der Waals surface area contributed by atoms with Crippen LogP contribution in [0.25, 0.3) is 0 Å². The van der Waals surface area contributed by atoms with Crippen molar-refractivity contribution in [3.05, 3.63) is 35.9 Å². The summed E-state index contributed by atoms with van der Waals surface area (Å²) in [7, 11) is 0. The van der Waals surface area contributed by atoms with Crippen molar-refractivity contribution in [2.24, 2.45) is 5.73 Å². The zero-order valence-electron chi connectivity index (χ0n) is 19.6. The van der Waals surface area contributed by atoms with Gasteiger partial charge >= 0.3 is 11.9 Å². The Morgan fingerprint density at radius 1 is 0.944 bits per heavy atom. The van der Waals surface area contributed by atoms with E-state index in [1.165, 1.54) is 0 Å². The first-order valence-electron chi connectivity index (χ1n) is 11.5. The largest absolute Gasteiger partial charge is 0.481 e. The maximum absolute atomic E-state index is 13.1. The molecule has 13 heteroatoms. The van der Waals surface area contributed by atoms with Crippen LogP contribution in [0.5, 0.6) is 0 Å². The van der Waals surface area contributed by atoms with Crippen molar-refractivity contribution < 1.29 is 39.0 Å². The molecule has 0 aromatic heterocycles. The molecule has 1 aliphatic rings. The third kappa shape index (κ3) is 9.33. The second-order valence-corrected chi connectivity index (χ2v) is 8.46. The Labute approximate surface area is 207 Å². The summed E-state index contributed by atoms with van der Waals surface area (Å²) >= 11 is 0. The van der Waals surface area contributed by atoms with Gasteiger partial charge in [-0.3, -0.25) is 24.0 Å². The molecule has 8 N–H and O–H groups in total. The van der Waals surface area contributed by atoms with E-state index in [-0.39, 0.29) is 19.3 Å². The number of primary amides is 1. The summed E-state index contributed by atoms with van der Waals surface area (Å²) in [5.41, 5.74) is 5.74. The first kappa shape index (κ1) is 28.2. The summed E-state index contributed by atoms with van der Waals surface area (Å²) < 4.78 is 0. The van der Waals surface area contributed by atoms with Gasteiger partial charge in [-0.2, -0.15) is 0 Å². The number of nitrogens with one attached hydrogen (secondary N) is 4. The van der Waals surface area contributed by atoms with Gasteiger partial charge < -0.3 is 37.2 Å². The molecular formula is C23H31N5O8. The average Bonchev–Trinajstić information content (AvgIpc) is 3.36. The number of carboxylic acids is 2. The highest BCUT2D eigenvalue weighted by Crippen LogP contribution is 2.09. The van der Waals surface area contributed by atoms with Crippen LogP contribution in [-0.2, 0) is 35.2 Å². The molecule has 1 fully saturated rings. The average molecular weight is 506 g/mol. The Morgan fingerprint density at radius 3 is 2.14 bits per heavy atom. The van der Waals surface area contributed by atoms with Crippen LogP contribution in [0.15, 0.2) is 30.3 Å². The lowest BCUT2D eigenvalue weighted by Crippen LogP contribution is -2.58. The molecule has 1 aliphatic heterocycles. The van der Waals surface area contributed by atoms with Gasteiger partial charge in [0.05, 0.1) is 12.5 Å². The highest BCUT2D eigenvalue weighted by atomic mass is 16.4. The molecule has 4 atom stereocenters. The predicted molar refractivity (Wildman–Crippen MR) is 125 cm³/mol. The van der Waals surface area contributed by atoms with Crippen LogP contribution in [-0.4, -0.2) is 76.5 Å². The summed E-state index contributed by atoms with van der Waals surface area (Å²) in [6, 6.07) is 4.02. The molecule has 36 heavy (non-hydrogen) atoms. The number of nitrogens with two attached hydrogens (primary N) is 1. The number of carbonyl (C=O) groups excluding carboxylic acids is 4. The van der Waals surface area contributed by atoms with Crippen LogP contribution in [0.4, 0.5) is 0 Å². The summed E-state index contributed by atoms with van der Waals surface area (Å²) in [6.45, 7) is 0.662. The Morgan fingerprint density at radius 2 is 1.58 bits per heavy atom. The fourth-order valence-electron chi connectivity index (χ4n) is 3.71. The van der Waals surface area contributed by atoms with E-state index in [0.29, 0.717) is 18.5 Å². The maximum atomic E-state index is 13.1. The Bertz CT molecular complexity index is 965. The molecule has 2 rings (SSSR count). The van der Waals surface area contributed by atoms with Gasteiger partial charge in [0.1, 0.15) is 18.1 Å². The number of amides is 4. The van der Waals surface area contributed by atoms with E-state index in [2.05, 4.69) is 21.3 Å². The Hall–Kier alpha value is -4.00. The molecule has 4 amide bonds. The van der Waals surface area contributed by atoms with Gasteiger partial charge in [0.15, 0.2) is 0 Å². The zero-order chi connectivity index (χ0) is 26.7. The van der Waals surface area contributed by atoms with Crippen LogP contribution in [0, 0.1) is 0 Å². The van der Waals surface area contributed by atoms with Crippen LogP contribution in [0.2, 0.25) is 0 Å². The summed E-state index contributed by atoms with van der Waals surface area (Å²) in [5.74, 6) is -5.93. The molecule has 0 bridgehead atoms. The first-order valence-corrected chi connectivity index (χ1v) is 11.5. The highest BCUT2D eigenvalue weighted by molar-refractivity contribution is 5.95. The number of carbonyl (C=O) groups is 6. The van der Waals surface area contributed by atoms with Crippen molar-refractivity contribution in [2.75, 3.05) is 6.54 Å². The number of hydrogen-bond acceptors (Lipinski definition) is 7. The Kier molecular flexibility index (Phi) is 10.8. The number of hydrogen-bond donors (Lipinski definition) is 7. The number of aliphatic carboxylic acids is 2. The van der Waals surface area contributed by atoms with Gasteiger partial charge in [0.25, 0.3) is 0 Å². The number of carboxylic acid groups (broad SMARTS) is 2. The highest BCUT2D eigenvalue weighted by Gasteiger charge is 2.32. The monoisotopic (exact) mass is 505 g/mol. The van der Waals surface area contributed by atoms with Gasteiger partial charge in [0.2, 0.25) is 23.6 Å². The molecule has 0 radical (unpaired) electrons. The van der Waals surface area contributed by atoms with Crippen molar-refractivity contribution >= 4 is 35.6 Å². The first-order chi connectivity index (χ1) is 17.1. The lowest BCUT2D eigenvalue weighted by Gasteiger charge is -2.24. The Balaban J connectivity index is 2.17. The van der Waals surface area contributed by atoms with Crippen molar-refractivity contribution in [3.63, 3.8) is 0 Å². The molecule has 0 aliphatic carbocycles. The van der Waals surface area contributed by atoms with Crippen molar-refractivity contribution in [1.29, 1.82) is 0 Å². The molecular weight excluding hydrogens is 474 g/mol. The van der Waals surface area contributed by atoms with Crippen LogP contribution in [0.1, 0.15) is 37.7 Å². The van der Waals surface area contributed by atoms with Gasteiger partial charge in [-0.05, 0) is 31.4 Å². The van der Waals surface area contributed by atoms with E-state index >= 15 is 0 Å². The van der Waals surface area contributed by atoms with E-state index in [4.69, 9.17) is 5.73 Å². The van der Waals surface area contributed by atoms with Crippen molar-refractivity contribution in [3.8, 4) is 0 Å². The van der Waals surface area contributed by atoms with Crippen molar-refractivity contribution in [2.45, 2.75) is 62.7 Å².